The molecule has 0 aromatic carbocycles. The highest BCUT2D eigenvalue weighted by Crippen LogP contribution is 2.26. The van der Waals surface area contributed by atoms with Gasteiger partial charge in [0.2, 0.25) is 15.9 Å². The van der Waals surface area contributed by atoms with Gasteiger partial charge in [-0.05, 0) is 24.3 Å². The number of piperazine rings is 1. The van der Waals surface area contributed by atoms with Crippen molar-refractivity contribution in [3.63, 3.8) is 0 Å². The highest BCUT2D eigenvalue weighted by molar-refractivity contribution is 7.89. The number of nitrogens with zero attached hydrogens (tertiary/aromatic N) is 4. The van der Waals surface area contributed by atoms with Crippen LogP contribution in [0.4, 0.5) is 13.2 Å². The monoisotopic (exact) mass is 469 g/mol. The Kier molecular flexibility index (Phi) is 5.54. The van der Waals surface area contributed by atoms with E-state index in [1.165, 1.54) is 21.6 Å². The molecule has 4 rings (SSSR count). The molecule has 1 aliphatic rings. The van der Waals surface area contributed by atoms with Gasteiger partial charge in [-0.25, -0.2) is 13.4 Å². The molecule has 0 atom stereocenters. The number of nitrogens with one attached hydrogen (secondary N) is 1. The number of aromatic amines is 1. The number of H-pyrrole nitrogens is 1. The standard InChI is InChI=1S/C19H18F3N5O4S/c20-19(21,22)14-4-2-6-26(18(14)29)12-16(28)25-7-9-27(10-8-25)32(30,31)15-11-24-17-13(15)3-1-5-23-17/h1-6,11H,7-10,12H2,(H,23,24). The molecule has 0 unspecified atom stereocenters. The van der Waals surface area contributed by atoms with E-state index in [9.17, 15) is 31.2 Å². The fraction of sp³-hybridized carbons (Fsp3) is 0.316. The summed E-state index contributed by atoms with van der Waals surface area (Å²) in [6.45, 7) is -0.445. The molecule has 32 heavy (non-hydrogen) atoms. The van der Waals surface area contributed by atoms with Crippen LogP contribution in [0, 0.1) is 0 Å². The Morgan fingerprint density at radius 2 is 1.84 bits per heavy atom. The van der Waals surface area contributed by atoms with Gasteiger partial charge in [-0.1, -0.05) is 0 Å². The number of fused-ring (bicyclic) bond motifs is 1. The molecule has 1 amide bonds. The van der Waals surface area contributed by atoms with Gasteiger partial charge in [-0.3, -0.25) is 9.59 Å². The van der Waals surface area contributed by atoms with Crippen molar-refractivity contribution in [2.45, 2.75) is 17.6 Å². The van der Waals surface area contributed by atoms with E-state index < -0.39 is 39.8 Å². The molecule has 9 nitrogen and oxygen atoms in total. The summed E-state index contributed by atoms with van der Waals surface area (Å²) in [4.78, 5) is 32.9. The van der Waals surface area contributed by atoms with Crippen molar-refractivity contribution in [3.05, 3.63) is 58.8 Å². The molecule has 0 saturated carbocycles. The maximum atomic E-state index is 13.0. The van der Waals surface area contributed by atoms with Crippen LogP contribution < -0.4 is 5.56 Å². The van der Waals surface area contributed by atoms with Crippen LogP contribution in [0.2, 0.25) is 0 Å². The van der Waals surface area contributed by atoms with Gasteiger partial charge in [0, 0.05) is 50.2 Å². The Morgan fingerprint density at radius 1 is 1.12 bits per heavy atom. The number of alkyl halides is 3. The first-order chi connectivity index (χ1) is 15.1. The normalized spacial score (nSPS) is 15.9. The van der Waals surface area contributed by atoms with Gasteiger partial charge in [-0.15, -0.1) is 0 Å². The zero-order valence-corrected chi connectivity index (χ0v) is 17.4. The fourth-order valence-electron chi connectivity index (χ4n) is 3.58. The number of rotatable bonds is 4. The quantitative estimate of drug-likeness (QED) is 0.619. The summed E-state index contributed by atoms with van der Waals surface area (Å²) in [5, 5.41) is 0.454. The van der Waals surface area contributed by atoms with Crippen LogP contribution in [0.25, 0.3) is 11.0 Å². The number of carbonyl (C=O) groups is 1. The summed E-state index contributed by atoms with van der Waals surface area (Å²) >= 11 is 0. The van der Waals surface area contributed by atoms with Gasteiger partial charge in [0.15, 0.2) is 0 Å². The van der Waals surface area contributed by atoms with Crippen LogP contribution in [-0.4, -0.2) is 64.2 Å². The zero-order chi connectivity index (χ0) is 23.1. The maximum Gasteiger partial charge on any atom is 0.421 e. The molecular formula is C19H18F3N5O4S. The molecular weight excluding hydrogens is 451 g/mol. The van der Waals surface area contributed by atoms with E-state index in [0.717, 1.165) is 12.3 Å². The van der Waals surface area contributed by atoms with Crippen molar-refractivity contribution in [1.29, 1.82) is 0 Å². The van der Waals surface area contributed by atoms with Crippen LogP contribution in [-0.2, 0) is 27.5 Å². The lowest BCUT2D eigenvalue weighted by molar-refractivity contribution is -0.139. The molecule has 0 spiro atoms. The first kappa shape index (κ1) is 22.0. The summed E-state index contributed by atoms with van der Waals surface area (Å²) in [5.74, 6) is -0.570. The van der Waals surface area contributed by atoms with Gasteiger partial charge >= 0.3 is 6.18 Å². The van der Waals surface area contributed by atoms with E-state index >= 15 is 0 Å². The lowest BCUT2D eigenvalue weighted by Gasteiger charge is -2.34. The van der Waals surface area contributed by atoms with Crippen molar-refractivity contribution < 1.29 is 26.4 Å². The summed E-state index contributed by atoms with van der Waals surface area (Å²) in [5.41, 5.74) is -2.22. The molecule has 0 aliphatic carbocycles. The molecule has 4 heterocycles. The molecule has 3 aromatic rings. The lowest BCUT2D eigenvalue weighted by Crippen LogP contribution is -2.51. The fourth-order valence-corrected chi connectivity index (χ4v) is 5.16. The Balaban J connectivity index is 1.45. The van der Waals surface area contributed by atoms with Crippen LogP contribution >= 0.6 is 0 Å². The van der Waals surface area contributed by atoms with Crippen molar-refractivity contribution in [1.82, 2.24) is 23.7 Å². The smallest absolute Gasteiger partial charge is 0.345 e. The van der Waals surface area contributed by atoms with Crippen molar-refractivity contribution in [2.75, 3.05) is 26.2 Å². The number of sulfonamides is 1. The van der Waals surface area contributed by atoms with E-state index in [0.29, 0.717) is 21.7 Å². The van der Waals surface area contributed by atoms with E-state index in [4.69, 9.17) is 0 Å². The Labute approximate surface area is 180 Å². The third kappa shape index (κ3) is 4.00. The van der Waals surface area contributed by atoms with Crippen molar-refractivity contribution >= 4 is 27.0 Å². The topological polar surface area (TPSA) is 108 Å². The van der Waals surface area contributed by atoms with Crippen LogP contribution in [0.1, 0.15) is 5.56 Å². The second kappa shape index (κ2) is 8.06. The van der Waals surface area contributed by atoms with E-state index in [1.54, 1.807) is 12.1 Å². The summed E-state index contributed by atoms with van der Waals surface area (Å²) < 4.78 is 66.7. The van der Waals surface area contributed by atoms with Crippen LogP contribution in [0.3, 0.4) is 0 Å². The number of pyridine rings is 2. The van der Waals surface area contributed by atoms with Gasteiger partial charge < -0.3 is 14.5 Å². The van der Waals surface area contributed by atoms with Crippen molar-refractivity contribution in [2.24, 2.45) is 0 Å². The SMILES string of the molecule is O=C(Cn1cccc(C(F)(F)F)c1=O)N1CCN(S(=O)(=O)c2c[nH]c3ncccc23)CC1. The average molecular weight is 469 g/mol. The molecule has 1 fully saturated rings. The second-order valence-electron chi connectivity index (χ2n) is 7.19. The number of amides is 1. The third-order valence-electron chi connectivity index (χ3n) is 5.25. The van der Waals surface area contributed by atoms with Gasteiger partial charge in [0.25, 0.3) is 5.56 Å². The molecule has 13 heteroatoms. The number of hydrogen-bond acceptors (Lipinski definition) is 5. The first-order valence-corrected chi connectivity index (χ1v) is 11.0. The van der Waals surface area contributed by atoms with Crippen LogP contribution in [0.5, 0.6) is 0 Å². The number of halogens is 3. The highest BCUT2D eigenvalue weighted by atomic mass is 32.2. The van der Waals surface area contributed by atoms with E-state index in [-0.39, 0.29) is 31.1 Å². The minimum absolute atomic E-state index is 0.0124. The Hall–Kier alpha value is -3.19. The predicted octanol–water partition coefficient (Wildman–Crippen LogP) is 1.28. The second-order valence-corrected chi connectivity index (χ2v) is 9.10. The molecule has 1 aliphatic heterocycles. The number of aromatic nitrogens is 3. The van der Waals surface area contributed by atoms with Gasteiger partial charge in [0.1, 0.15) is 22.7 Å². The minimum atomic E-state index is -4.82. The average Bonchev–Trinajstić information content (AvgIpc) is 3.19. The Morgan fingerprint density at radius 3 is 2.53 bits per heavy atom. The van der Waals surface area contributed by atoms with Gasteiger partial charge in [-0.2, -0.15) is 17.5 Å². The first-order valence-electron chi connectivity index (χ1n) is 9.56. The van der Waals surface area contributed by atoms with Gasteiger partial charge in [0.05, 0.1) is 0 Å². The molecule has 170 valence electrons. The zero-order valence-electron chi connectivity index (χ0n) is 16.5. The molecule has 0 radical (unpaired) electrons. The van der Waals surface area contributed by atoms with E-state index in [2.05, 4.69) is 9.97 Å². The maximum absolute atomic E-state index is 13.0. The molecule has 1 N–H and O–H groups in total. The lowest BCUT2D eigenvalue weighted by atomic mass is 10.2. The predicted molar refractivity (Wildman–Crippen MR) is 107 cm³/mol. The Bertz CT molecular complexity index is 1320. The summed E-state index contributed by atoms with van der Waals surface area (Å²) in [6, 6.07) is 4.98. The summed E-state index contributed by atoms with van der Waals surface area (Å²) in [7, 11) is -3.84. The van der Waals surface area contributed by atoms with Crippen LogP contribution in [0.15, 0.2) is 52.5 Å². The number of hydrogen-bond donors (Lipinski definition) is 1. The number of carbonyl (C=O) groups excluding carboxylic acids is 1. The third-order valence-corrected chi connectivity index (χ3v) is 7.19. The minimum Gasteiger partial charge on any atom is -0.345 e. The molecule has 3 aromatic heterocycles. The highest BCUT2D eigenvalue weighted by Gasteiger charge is 2.35. The van der Waals surface area contributed by atoms with E-state index in [1.807, 2.05) is 0 Å². The molecule has 1 saturated heterocycles. The largest absolute Gasteiger partial charge is 0.421 e. The molecule has 0 bridgehead atoms. The summed E-state index contributed by atoms with van der Waals surface area (Å²) in [6.07, 6.45) is -0.803. The van der Waals surface area contributed by atoms with Crippen molar-refractivity contribution in [3.8, 4) is 0 Å².